The van der Waals surface area contributed by atoms with Crippen LogP contribution in [0.4, 0.5) is 0 Å². The molecule has 3 unspecified atom stereocenters. The van der Waals surface area contributed by atoms with Crippen LogP contribution in [0.15, 0.2) is 18.7 Å². The molecule has 0 radical (unpaired) electrons. The maximum Gasteiger partial charge on any atom is 0.182 e. The van der Waals surface area contributed by atoms with E-state index in [0.717, 1.165) is 6.42 Å². The standard InChI is InChI=1S/C13H17N3O/c17-13(10-6-14-8-15-7-10)12-5-9-3-1-2-4-11(9)16-12/h6-9,11-12,16H,1-5H2. The van der Waals surface area contributed by atoms with E-state index in [2.05, 4.69) is 15.3 Å². The van der Waals surface area contributed by atoms with Crippen molar-refractivity contribution in [2.45, 2.75) is 44.2 Å². The Kier molecular flexibility index (Phi) is 2.89. The van der Waals surface area contributed by atoms with Gasteiger partial charge in [-0.05, 0) is 25.2 Å². The Morgan fingerprint density at radius 3 is 2.76 bits per heavy atom. The molecule has 1 aliphatic carbocycles. The Morgan fingerprint density at radius 2 is 2.00 bits per heavy atom. The summed E-state index contributed by atoms with van der Waals surface area (Å²) in [7, 11) is 0. The van der Waals surface area contributed by atoms with Crippen molar-refractivity contribution >= 4 is 5.78 Å². The number of rotatable bonds is 2. The van der Waals surface area contributed by atoms with E-state index in [4.69, 9.17) is 0 Å². The smallest absolute Gasteiger partial charge is 0.182 e. The van der Waals surface area contributed by atoms with Crippen molar-refractivity contribution in [1.29, 1.82) is 0 Å². The largest absolute Gasteiger partial charge is 0.304 e. The SMILES string of the molecule is O=C(c1cncnc1)C1CC2CCCCC2N1. The fourth-order valence-corrected chi connectivity index (χ4v) is 3.15. The number of fused-ring (bicyclic) bond motifs is 1. The molecule has 1 saturated carbocycles. The third kappa shape index (κ3) is 2.09. The second kappa shape index (κ2) is 4.53. The lowest BCUT2D eigenvalue weighted by Gasteiger charge is -2.24. The monoisotopic (exact) mass is 231 g/mol. The first kappa shape index (κ1) is 10.8. The number of carbonyl (C=O) groups excluding carboxylic acids is 1. The third-order valence-corrected chi connectivity index (χ3v) is 4.02. The zero-order valence-corrected chi connectivity index (χ0v) is 9.80. The van der Waals surface area contributed by atoms with Gasteiger partial charge in [-0.2, -0.15) is 0 Å². The van der Waals surface area contributed by atoms with Gasteiger partial charge in [0.25, 0.3) is 0 Å². The van der Waals surface area contributed by atoms with Gasteiger partial charge in [-0.3, -0.25) is 4.79 Å². The number of ketones is 1. The third-order valence-electron chi connectivity index (χ3n) is 4.02. The first-order valence-electron chi connectivity index (χ1n) is 6.40. The van der Waals surface area contributed by atoms with Crippen LogP contribution in [-0.4, -0.2) is 27.8 Å². The van der Waals surface area contributed by atoms with Crippen LogP contribution in [0.2, 0.25) is 0 Å². The Morgan fingerprint density at radius 1 is 1.24 bits per heavy atom. The Labute approximate surface area is 101 Å². The summed E-state index contributed by atoms with van der Waals surface area (Å²) >= 11 is 0. The van der Waals surface area contributed by atoms with Gasteiger partial charge in [0.05, 0.1) is 11.6 Å². The van der Waals surface area contributed by atoms with E-state index < -0.39 is 0 Å². The summed E-state index contributed by atoms with van der Waals surface area (Å²) in [5.74, 6) is 0.849. The van der Waals surface area contributed by atoms with Crippen LogP contribution < -0.4 is 5.32 Å². The number of nitrogens with zero attached hydrogens (tertiary/aromatic N) is 2. The van der Waals surface area contributed by atoms with Crippen molar-refractivity contribution in [3.05, 3.63) is 24.3 Å². The molecule has 0 spiro atoms. The fourth-order valence-electron chi connectivity index (χ4n) is 3.15. The predicted octanol–water partition coefficient (Wildman–Crippen LogP) is 1.58. The van der Waals surface area contributed by atoms with Crippen LogP contribution in [0, 0.1) is 5.92 Å². The van der Waals surface area contributed by atoms with E-state index in [1.54, 1.807) is 12.4 Å². The molecule has 4 heteroatoms. The van der Waals surface area contributed by atoms with Crippen molar-refractivity contribution in [2.24, 2.45) is 5.92 Å². The molecule has 1 aromatic heterocycles. The second-order valence-corrected chi connectivity index (χ2v) is 5.10. The number of Topliss-reactive ketones (excluding diaryl/α,β-unsaturated/α-hetero) is 1. The van der Waals surface area contributed by atoms with Crippen LogP contribution in [0.3, 0.4) is 0 Å². The molecule has 0 bridgehead atoms. The zero-order valence-electron chi connectivity index (χ0n) is 9.80. The van der Waals surface area contributed by atoms with Gasteiger partial charge in [-0.25, -0.2) is 9.97 Å². The number of aromatic nitrogens is 2. The molecule has 2 heterocycles. The average molecular weight is 231 g/mol. The number of hydrogen-bond donors (Lipinski definition) is 1. The second-order valence-electron chi connectivity index (χ2n) is 5.10. The maximum atomic E-state index is 12.2. The van der Waals surface area contributed by atoms with Crippen LogP contribution in [0.25, 0.3) is 0 Å². The van der Waals surface area contributed by atoms with E-state index >= 15 is 0 Å². The minimum Gasteiger partial charge on any atom is -0.304 e. The van der Waals surface area contributed by atoms with E-state index in [9.17, 15) is 4.79 Å². The van der Waals surface area contributed by atoms with Gasteiger partial charge in [-0.1, -0.05) is 12.8 Å². The van der Waals surface area contributed by atoms with Crippen molar-refractivity contribution in [2.75, 3.05) is 0 Å². The Hall–Kier alpha value is -1.29. The zero-order chi connectivity index (χ0) is 11.7. The molecule has 90 valence electrons. The normalized spacial score (nSPS) is 32.1. The molecule has 1 aromatic rings. The molecule has 17 heavy (non-hydrogen) atoms. The number of carbonyl (C=O) groups is 1. The summed E-state index contributed by atoms with van der Waals surface area (Å²) in [6.45, 7) is 0. The van der Waals surface area contributed by atoms with Gasteiger partial charge >= 0.3 is 0 Å². The summed E-state index contributed by atoms with van der Waals surface area (Å²) < 4.78 is 0. The van der Waals surface area contributed by atoms with Crippen LogP contribution >= 0.6 is 0 Å². The van der Waals surface area contributed by atoms with E-state index in [-0.39, 0.29) is 11.8 Å². The Bertz CT molecular complexity index is 392. The topological polar surface area (TPSA) is 54.9 Å². The highest BCUT2D eigenvalue weighted by atomic mass is 16.1. The molecule has 1 N–H and O–H groups in total. The van der Waals surface area contributed by atoms with Crippen molar-refractivity contribution in [3.8, 4) is 0 Å². The van der Waals surface area contributed by atoms with Crippen LogP contribution in [0.5, 0.6) is 0 Å². The van der Waals surface area contributed by atoms with Gasteiger partial charge in [0.1, 0.15) is 6.33 Å². The van der Waals surface area contributed by atoms with Gasteiger partial charge in [-0.15, -0.1) is 0 Å². The molecule has 0 amide bonds. The summed E-state index contributed by atoms with van der Waals surface area (Å²) in [6.07, 6.45) is 10.8. The molecule has 1 saturated heterocycles. The Balaban J connectivity index is 1.72. The van der Waals surface area contributed by atoms with Gasteiger partial charge in [0.15, 0.2) is 5.78 Å². The van der Waals surface area contributed by atoms with E-state index in [1.165, 1.54) is 32.0 Å². The van der Waals surface area contributed by atoms with Crippen molar-refractivity contribution < 1.29 is 4.79 Å². The molecule has 4 nitrogen and oxygen atoms in total. The van der Waals surface area contributed by atoms with Crippen LogP contribution in [-0.2, 0) is 0 Å². The van der Waals surface area contributed by atoms with Gasteiger partial charge in [0.2, 0.25) is 0 Å². The highest BCUT2D eigenvalue weighted by Crippen LogP contribution is 2.33. The molecular weight excluding hydrogens is 214 g/mol. The van der Waals surface area contributed by atoms with Gasteiger partial charge in [0, 0.05) is 18.4 Å². The highest BCUT2D eigenvalue weighted by molar-refractivity contribution is 5.99. The lowest BCUT2D eigenvalue weighted by molar-refractivity contribution is 0.0948. The first-order chi connectivity index (χ1) is 8.34. The quantitative estimate of drug-likeness (QED) is 0.785. The molecule has 2 aliphatic rings. The lowest BCUT2D eigenvalue weighted by atomic mass is 9.84. The summed E-state index contributed by atoms with van der Waals surface area (Å²) in [5.41, 5.74) is 0.628. The first-order valence-corrected chi connectivity index (χ1v) is 6.40. The summed E-state index contributed by atoms with van der Waals surface area (Å²) in [5, 5.41) is 3.49. The number of hydrogen-bond acceptors (Lipinski definition) is 4. The molecule has 3 atom stereocenters. The molecular formula is C13H17N3O. The summed E-state index contributed by atoms with van der Waals surface area (Å²) in [6, 6.07) is 0.538. The van der Waals surface area contributed by atoms with Gasteiger partial charge < -0.3 is 5.32 Å². The van der Waals surface area contributed by atoms with Crippen molar-refractivity contribution in [3.63, 3.8) is 0 Å². The minimum absolute atomic E-state index is 0.0194. The van der Waals surface area contributed by atoms with Crippen LogP contribution in [0.1, 0.15) is 42.5 Å². The average Bonchev–Trinajstić information content (AvgIpc) is 2.82. The number of nitrogens with one attached hydrogen (secondary N) is 1. The lowest BCUT2D eigenvalue weighted by Crippen LogP contribution is -2.37. The molecule has 2 fully saturated rings. The predicted molar refractivity (Wildman–Crippen MR) is 63.6 cm³/mol. The summed E-state index contributed by atoms with van der Waals surface area (Å²) in [4.78, 5) is 20.1. The molecule has 3 rings (SSSR count). The molecule has 1 aliphatic heterocycles. The van der Waals surface area contributed by atoms with E-state index in [0.29, 0.717) is 17.5 Å². The van der Waals surface area contributed by atoms with Crippen molar-refractivity contribution in [1.82, 2.24) is 15.3 Å². The maximum absolute atomic E-state index is 12.2. The van der Waals surface area contributed by atoms with E-state index in [1.807, 2.05) is 0 Å². The highest BCUT2D eigenvalue weighted by Gasteiger charge is 2.38. The minimum atomic E-state index is -0.0194. The fraction of sp³-hybridized carbons (Fsp3) is 0.615. The molecule has 0 aromatic carbocycles.